The Morgan fingerprint density at radius 2 is 2.10 bits per heavy atom. The Hall–Kier alpha value is -1.88. The lowest BCUT2D eigenvalue weighted by molar-refractivity contribution is 0.347. The molecular formula is C15H22N4O. The van der Waals surface area contributed by atoms with Gasteiger partial charge in [-0.1, -0.05) is 17.3 Å². The van der Waals surface area contributed by atoms with E-state index in [0.29, 0.717) is 6.54 Å². The number of rotatable bonds is 4. The minimum absolute atomic E-state index is 0.0535. The average Bonchev–Trinajstić information content (AvgIpc) is 2.84. The molecule has 0 aliphatic carbocycles. The molecule has 0 aliphatic heterocycles. The third kappa shape index (κ3) is 3.57. The maximum absolute atomic E-state index is 9.49. The molecular weight excluding hydrogens is 252 g/mol. The topological polar surface area (TPSA) is 63.0 Å². The Kier molecular flexibility index (Phi) is 4.09. The van der Waals surface area contributed by atoms with Crippen molar-refractivity contribution in [3.8, 4) is 5.75 Å². The fourth-order valence-corrected chi connectivity index (χ4v) is 1.88. The molecule has 0 spiro atoms. The number of benzene rings is 1. The summed E-state index contributed by atoms with van der Waals surface area (Å²) in [7, 11) is 0. The summed E-state index contributed by atoms with van der Waals surface area (Å²) in [5, 5.41) is 21.2. The van der Waals surface area contributed by atoms with E-state index < -0.39 is 0 Å². The zero-order valence-corrected chi connectivity index (χ0v) is 12.5. The molecule has 2 aromatic rings. The van der Waals surface area contributed by atoms with Crippen LogP contribution in [0, 0.1) is 0 Å². The van der Waals surface area contributed by atoms with Gasteiger partial charge in [-0.3, -0.25) is 0 Å². The van der Waals surface area contributed by atoms with Crippen molar-refractivity contribution < 1.29 is 5.11 Å². The van der Waals surface area contributed by atoms with Crippen molar-refractivity contribution in [1.82, 2.24) is 20.3 Å². The number of phenols is 1. The summed E-state index contributed by atoms with van der Waals surface area (Å²) in [5.41, 5.74) is 1.90. The zero-order valence-electron chi connectivity index (χ0n) is 12.5. The van der Waals surface area contributed by atoms with Gasteiger partial charge in [0.15, 0.2) is 0 Å². The molecule has 2 N–H and O–H groups in total. The van der Waals surface area contributed by atoms with Gasteiger partial charge >= 0.3 is 0 Å². The number of hydrogen-bond donors (Lipinski definition) is 2. The van der Waals surface area contributed by atoms with E-state index in [2.05, 4.69) is 43.3 Å². The molecule has 0 aliphatic rings. The average molecular weight is 274 g/mol. The first kappa shape index (κ1) is 14.5. The number of aromatic nitrogens is 3. The molecule has 1 heterocycles. The van der Waals surface area contributed by atoms with Crippen LogP contribution in [0.3, 0.4) is 0 Å². The van der Waals surface area contributed by atoms with E-state index in [0.717, 1.165) is 11.3 Å². The van der Waals surface area contributed by atoms with Gasteiger partial charge in [-0.05, 0) is 45.4 Å². The first-order valence-corrected chi connectivity index (χ1v) is 6.80. The van der Waals surface area contributed by atoms with Gasteiger partial charge in [0.1, 0.15) is 5.75 Å². The van der Waals surface area contributed by atoms with Crippen molar-refractivity contribution in [3.63, 3.8) is 0 Å². The fraction of sp³-hybridized carbons (Fsp3) is 0.467. The van der Waals surface area contributed by atoms with Gasteiger partial charge in [0.05, 0.1) is 17.4 Å². The van der Waals surface area contributed by atoms with Gasteiger partial charge in [0, 0.05) is 12.6 Å². The highest BCUT2D eigenvalue weighted by molar-refractivity contribution is 5.29. The molecule has 0 bridgehead atoms. The molecule has 0 saturated heterocycles. The Morgan fingerprint density at radius 1 is 1.35 bits per heavy atom. The largest absolute Gasteiger partial charge is 0.508 e. The number of phenolic OH excluding ortho intramolecular Hbond substituents is 1. The summed E-state index contributed by atoms with van der Waals surface area (Å²) in [5.74, 6) is 0.287. The summed E-state index contributed by atoms with van der Waals surface area (Å²) in [6.45, 7) is 8.98. The molecule has 5 heteroatoms. The lowest BCUT2D eigenvalue weighted by Gasteiger charge is -2.17. The molecule has 1 aromatic carbocycles. The number of nitrogens with one attached hydrogen (secondary N) is 1. The lowest BCUT2D eigenvalue weighted by atomic mass is 10.1. The molecule has 1 aromatic heterocycles. The molecule has 108 valence electrons. The van der Waals surface area contributed by atoms with Crippen LogP contribution in [0.2, 0.25) is 0 Å². The minimum Gasteiger partial charge on any atom is -0.508 e. The quantitative estimate of drug-likeness (QED) is 0.899. The first-order chi connectivity index (χ1) is 9.36. The van der Waals surface area contributed by atoms with Crippen molar-refractivity contribution in [2.24, 2.45) is 0 Å². The minimum atomic E-state index is -0.0535. The van der Waals surface area contributed by atoms with Crippen LogP contribution in [-0.2, 0) is 12.1 Å². The van der Waals surface area contributed by atoms with Crippen LogP contribution in [0.5, 0.6) is 5.75 Å². The number of aromatic hydroxyl groups is 1. The molecule has 0 radical (unpaired) electrons. The third-order valence-electron chi connectivity index (χ3n) is 3.19. The summed E-state index contributed by atoms with van der Waals surface area (Å²) >= 11 is 0. The summed E-state index contributed by atoms with van der Waals surface area (Å²) in [6.07, 6.45) is 1.96. The second-order valence-corrected chi connectivity index (χ2v) is 6.02. The van der Waals surface area contributed by atoms with E-state index in [1.54, 1.807) is 12.1 Å². The van der Waals surface area contributed by atoms with Gasteiger partial charge in [-0.25, -0.2) is 4.68 Å². The van der Waals surface area contributed by atoms with Gasteiger partial charge in [-0.2, -0.15) is 0 Å². The maximum Gasteiger partial charge on any atom is 0.115 e. The second-order valence-electron chi connectivity index (χ2n) is 6.02. The predicted molar refractivity (Wildman–Crippen MR) is 78.4 cm³/mol. The Morgan fingerprint density at radius 3 is 2.70 bits per heavy atom. The van der Waals surface area contributed by atoms with Gasteiger partial charge in [0.25, 0.3) is 0 Å². The van der Waals surface area contributed by atoms with Crippen LogP contribution in [0.1, 0.15) is 45.0 Å². The molecule has 1 unspecified atom stereocenters. The van der Waals surface area contributed by atoms with E-state index in [9.17, 15) is 5.11 Å². The van der Waals surface area contributed by atoms with E-state index in [4.69, 9.17) is 0 Å². The van der Waals surface area contributed by atoms with Crippen molar-refractivity contribution >= 4 is 0 Å². The SMILES string of the molecule is CC(NCc1cn(C(C)(C)C)nn1)c1cccc(O)c1. The van der Waals surface area contributed by atoms with Gasteiger partial charge < -0.3 is 10.4 Å². The predicted octanol–water partition coefficient (Wildman–Crippen LogP) is 2.59. The van der Waals surface area contributed by atoms with E-state index >= 15 is 0 Å². The molecule has 1 atom stereocenters. The highest BCUT2D eigenvalue weighted by atomic mass is 16.3. The van der Waals surface area contributed by atoms with Crippen LogP contribution in [-0.4, -0.2) is 20.1 Å². The first-order valence-electron chi connectivity index (χ1n) is 6.80. The summed E-state index contributed by atoms with van der Waals surface area (Å²) < 4.78 is 1.86. The van der Waals surface area contributed by atoms with Crippen LogP contribution in [0.25, 0.3) is 0 Å². The van der Waals surface area contributed by atoms with Crippen molar-refractivity contribution in [3.05, 3.63) is 41.7 Å². The Labute approximate surface area is 119 Å². The monoisotopic (exact) mass is 274 g/mol. The van der Waals surface area contributed by atoms with E-state index in [1.807, 2.05) is 23.0 Å². The Bertz CT molecular complexity index is 571. The molecule has 20 heavy (non-hydrogen) atoms. The number of nitrogens with zero attached hydrogens (tertiary/aromatic N) is 3. The molecule has 5 nitrogen and oxygen atoms in total. The van der Waals surface area contributed by atoms with Crippen molar-refractivity contribution in [1.29, 1.82) is 0 Å². The summed E-state index contributed by atoms with van der Waals surface area (Å²) in [6, 6.07) is 7.42. The van der Waals surface area contributed by atoms with Crippen LogP contribution < -0.4 is 5.32 Å². The van der Waals surface area contributed by atoms with Crippen LogP contribution in [0.15, 0.2) is 30.5 Å². The second kappa shape index (κ2) is 5.63. The fourth-order valence-electron chi connectivity index (χ4n) is 1.88. The molecule has 0 saturated carbocycles. The Balaban J connectivity index is 1.97. The molecule has 0 fully saturated rings. The number of hydrogen-bond acceptors (Lipinski definition) is 4. The smallest absolute Gasteiger partial charge is 0.115 e. The zero-order chi connectivity index (χ0) is 14.8. The highest BCUT2D eigenvalue weighted by Gasteiger charge is 2.15. The van der Waals surface area contributed by atoms with E-state index in [1.165, 1.54) is 0 Å². The van der Waals surface area contributed by atoms with Crippen LogP contribution >= 0.6 is 0 Å². The maximum atomic E-state index is 9.49. The van der Waals surface area contributed by atoms with Crippen molar-refractivity contribution in [2.75, 3.05) is 0 Å². The summed E-state index contributed by atoms with van der Waals surface area (Å²) in [4.78, 5) is 0. The van der Waals surface area contributed by atoms with E-state index in [-0.39, 0.29) is 17.3 Å². The highest BCUT2D eigenvalue weighted by Crippen LogP contribution is 2.18. The van der Waals surface area contributed by atoms with Gasteiger partial charge in [-0.15, -0.1) is 5.10 Å². The van der Waals surface area contributed by atoms with Gasteiger partial charge in [0.2, 0.25) is 0 Å². The van der Waals surface area contributed by atoms with Crippen LogP contribution in [0.4, 0.5) is 0 Å². The normalized spacial score (nSPS) is 13.4. The van der Waals surface area contributed by atoms with Crippen molar-refractivity contribution in [2.45, 2.75) is 45.8 Å². The molecule has 2 rings (SSSR count). The third-order valence-corrected chi connectivity index (χ3v) is 3.19. The lowest BCUT2D eigenvalue weighted by Crippen LogP contribution is -2.22. The molecule has 0 amide bonds. The standard InChI is InChI=1S/C15H22N4O/c1-11(12-6-5-7-14(20)8-12)16-9-13-10-19(18-17-13)15(2,3)4/h5-8,10-11,16,20H,9H2,1-4H3.